The average Bonchev–Trinajstić information content (AvgIpc) is 3.29. The van der Waals surface area contributed by atoms with E-state index in [-0.39, 0.29) is 12.0 Å². The molecule has 1 unspecified atom stereocenters. The molecule has 0 bridgehead atoms. The molecule has 35 heavy (non-hydrogen) atoms. The van der Waals surface area contributed by atoms with E-state index in [0.29, 0.717) is 0 Å². The summed E-state index contributed by atoms with van der Waals surface area (Å²) in [6.45, 7) is 3.57. The molecule has 6 rings (SSSR count). The summed E-state index contributed by atoms with van der Waals surface area (Å²) in [6.07, 6.45) is 0. The summed E-state index contributed by atoms with van der Waals surface area (Å²) in [5.41, 5.74) is 6.18. The SMILES string of the molecule is c1ccc(Cn2c(N3CCNCC3C(c3ccccc3)c3ccccc3)nc3ccccc32)cc1. The van der Waals surface area contributed by atoms with E-state index in [1.165, 1.54) is 22.2 Å². The summed E-state index contributed by atoms with van der Waals surface area (Å²) < 4.78 is 2.40. The molecule has 174 valence electrons. The molecule has 0 amide bonds. The highest BCUT2D eigenvalue weighted by Gasteiger charge is 2.34. The van der Waals surface area contributed by atoms with E-state index in [9.17, 15) is 0 Å². The maximum Gasteiger partial charge on any atom is 0.207 e. The molecule has 4 nitrogen and oxygen atoms in total. The van der Waals surface area contributed by atoms with Crippen molar-refractivity contribution in [2.45, 2.75) is 18.5 Å². The molecule has 4 aromatic carbocycles. The standard InChI is InChI=1S/C31H30N4/c1-4-12-24(13-5-1)23-35-28-19-11-10-18-27(28)33-31(35)34-21-20-32-22-29(34)30(25-14-6-2-7-15-25)26-16-8-3-9-17-26/h1-19,29-30,32H,20-23H2. The fourth-order valence-electron chi connectivity index (χ4n) is 5.43. The zero-order chi connectivity index (χ0) is 23.5. The van der Waals surface area contributed by atoms with Gasteiger partial charge in [0.15, 0.2) is 0 Å². The number of nitrogens with zero attached hydrogens (tertiary/aromatic N) is 3. The Bertz CT molecular complexity index is 1340. The molecular formula is C31H30N4. The van der Waals surface area contributed by atoms with Gasteiger partial charge < -0.3 is 14.8 Å². The smallest absolute Gasteiger partial charge is 0.207 e. The minimum absolute atomic E-state index is 0.232. The third kappa shape index (κ3) is 4.33. The molecule has 0 spiro atoms. The highest BCUT2D eigenvalue weighted by atomic mass is 15.4. The fourth-order valence-corrected chi connectivity index (χ4v) is 5.43. The second kappa shape index (κ2) is 9.77. The van der Waals surface area contributed by atoms with Crippen LogP contribution >= 0.6 is 0 Å². The number of rotatable bonds is 6. The van der Waals surface area contributed by atoms with Crippen molar-refractivity contribution in [1.82, 2.24) is 14.9 Å². The minimum atomic E-state index is 0.232. The number of hydrogen-bond donors (Lipinski definition) is 1. The Kier molecular flexibility index (Phi) is 6.04. The molecule has 0 radical (unpaired) electrons. The highest BCUT2D eigenvalue weighted by molar-refractivity contribution is 5.79. The maximum atomic E-state index is 5.21. The molecule has 1 fully saturated rings. The molecule has 1 aliphatic heterocycles. The van der Waals surface area contributed by atoms with Crippen LogP contribution in [0.1, 0.15) is 22.6 Å². The number of hydrogen-bond acceptors (Lipinski definition) is 3. The first-order valence-corrected chi connectivity index (χ1v) is 12.4. The van der Waals surface area contributed by atoms with Crippen LogP contribution in [-0.4, -0.2) is 35.2 Å². The van der Waals surface area contributed by atoms with Gasteiger partial charge in [0.1, 0.15) is 0 Å². The Morgan fingerprint density at radius 3 is 2.03 bits per heavy atom. The van der Waals surface area contributed by atoms with Crippen molar-refractivity contribution in [3.8, 4) is 0 Å². The second-order valence-electron chi connectivity index (χ2n) is 9.24. The molecular weight excluding hydrogens is 428 g/mol. The first kappa shape index (κ1) is 21.6. The molecule has 1 saturated heterocycles. The van der Waals surface area contributed by atoms with Gasteiger partial charge in [-0.2, -0.15) is 0 Å². The Hall–Kier alpha value is -3.89. The topological polar surface area (TPSA) is 33.1 Å². The maximum absolute atomic E-state index is 5.21. The summed E-state index contributed by atoms with van der Waals surface area (Å²) in [4.78, 5) is 7.76. The number of aromatic nitrogens is 2. The van der Waals surface area contributed by atoms with E-state index in [2.05, 4.69) is 130 Å². The average molecular weight is 459 g/mol. The van der Waals surface area contributed by atoms with E-state index in [0.717, 1.165) is 37.6 Å². The van der Waals surface area contributed by atoms with Crippen LogP contribution in [0.15, 0.2) is 115 Å². The van der Waals surface area contributed by atoms with Crippen molar-refractivity contribution in [2.75, 3.05) is 24.5 Å². The van der Waals surface area contributed by atoms with Gasteiger partial charge in [0.25, 0.3) is 0 Å². The van der Waals surface area contributed by atoms with Crippen LogP contribution in [0.2, 0.25) is 0 Å². The lowest BCUT2D eigenvalue weighted by molar-refractivity contribution is 0.433. The number of benzene rings is 4. The first-order chi connectivity index (χ1) is 17.4. The van der Waals surface area contributed by atoms with Crippen molar-refractivity contribution in [1.29, 1.82) is 0 Å². The van der Waals surface area contributed by atoms with Crippen LogP contribution in [0.4, 0.5) is 5.95 Å². The second-order valence-corrected chi connectivity index (χ2v) is 9.24. The van der Waals surface area contributed by atoms with Gasteiger partial charge in [-0.3, -0.25) is 0 Å². The predicted molar refractivity (Wildman–Crippen MR) is 144 cm³/mol. The van der Waals surface area contributed by atoms with E-state index >= 15 is 0 Å². The van der Waals surface area contributed by atoms with Gasteiger partial charge in [0, 0.05) is 25.6 Å². The van der Waals surface area contributed by atoms with E-state index in [4.69, 9.17) is 4.98 Å². The highest BCUT2D eigenvalue weighted by Crippen LogP contribution is 2.35. The largest absolute Gasteiger partial charge is 0.336 e. The lowest BCUT2D eigenvalue weighted by Gasteiger charge is -2.42. The van der Waals surface area contributed by atoms with Gasteiger partial charge in [-0.1, -0.05) is 103 Å². The molecule has 5 aromatic rings. The molecule has 2 heterocycles. The van der Waals surface area contributed by atoms with Crippen molar-refractivity contribution in [2.24, 2.45) is 0 Å². The van der Waals surface area contributed by atoms with Crippen LogP contribution < -0.4 is 10.2 Å². The summed E-state index contributed by atoms with van der Waals surface area (Å²) in [5.74, 6) is 1.29. The van der Waals surface area contributed by atoms with Crippen molar-refractivity contribution in [3.63, 3.8) is 0 Å². The van der Waals surface area contributed by atoms with Crippen LogP contribution in [0, 0.1) is 0 Å². The molecule has 1 aliphatic rings. The minimum Gasteiger partial charge on any atom is -0.336 e. The van der Waals surface area contributed by atoms with Gasteiger partial charge in [-0.25, -0.2) is 4.98 Å². The molecule has 0 saturated carbocycles. The van der Waals surface area contributed by atoms with Crippen molar-refractivity contribution >= 4 is 17.0 Å². The van der Waals surface area contributed by atoms with Gasteiger partial charge in [0.05, 0.1) is 23.6 Å². The van der Waals surface area contributed by atoms with E-state index < -0.39 is 0 Å². The van der Waals surface area contributed by atoms with Crippen LogP contribution in [0.5, 0.6) is 0 Å². The van der Waals surface area contributed by atoms with Crippen LogP contribution in [0.3, 0.4) is 0 Å². The quantitative estimate of drug-likeness (QED) is 0.355. The van der Waals surface area contributed by atoms with Crippen LogP contribution in [0.25, 0.3) is 11.0 Å². The number of piperazine rings is 1. The zero-order valence-electron chi connectivity index (χ0n) is 19.8. The Morgan fingerprint density at radius 1 is 0.743 bits per heavy atom. The number of imidazole rings is 1. The molecule has 1 N–H and O–H groups in total. The fraction of sp³-hybridized carbons (Fsp3) is 0.194. The monoisotopic (exact) mass is 458 g/mol. The Balaban J connectivity index is 1.48. The van der Waals surface area contributed by atoms with E-state index in [1.807, 2.05) is 0 Å². The van der Waals surface area contributed by atoms with E-state index in [1.54, 1.807) is 0 Å². The van der Waals surface area contributed by atoms with Gasteiger partial charge in [0.2, 0.25) is 5.95 Å². The molecule has 1 atom stereocenters. The van der Waals surface area contributed by atoms with Crippen LogP contribution in [-0.2, 0) is 6.54 Å². The molecule has 4 heteroatoms. The summed E-state index contributed by atoms with van der Waals surface area (Å²) in [6, 6.07) is 41.3. The first-order valence-electron chi connectivity index (χ1n) is 12.4. The van der Waals surface area contributed by atoms with Crippen molar-refractivity contribution < 1.29 is 0 Å². The number of para-hydroxylation sites is 2. The number of fused-ring (bicyclic) bond motifs is 1. The lowest BCUT2D eigenvalue weighted by atomic mass is 9.83. The van der Waals surface area contributed by atoms with Gasteiger partial charge in [-0.15, -0.1) is 0 Å². The Labute approximate surface area is 206 Å². The Morgan fingerprint density at radius 2 is 1.34 bits per heavy atom. The summed E-state index contributed by atoms with van der Waals surface area (Å²) >= 11 is 0. The lowest BCUT2D eigenvalue weighted by Crippen LogP contribution is -2.55. The van der Waals surface area contributed by atoms with Gasteiger partial charge >= 0.3 is 0 Å². The van der Waals surface area contributed by atoms with Crippen molar-refractivity contribution in [3.05, 3.63) is 132 Å². The summed E-state index contributed by atoms with van der Waals surface area (Å²) in [5, 5.41) is 3.68. The third-order valence-electron chi connectivity index (χ3n) is 7.06. The molecule has 1 aromatic heterocycles. The predicted octanol–water partition coefficient (Wildman–Crippen LogP) is 5.69. The van der Waals surface area contributed by atoms with Gasteiger partial charge in [-0.05, 0) is 28.8 Å². The summed E-state index contributed by atoms with van der Waals surface area (Å²) in [7, 11) is 0. The normalized spacial score (nSPS) is 16.1. The number of anilines is 1. The molecule has 0 aliphatic carbocycles. The number of nitrogens with one attached hydrogen (secondary N) is 1. The zero-order valence-corrected chi connectivity index (χ0v) is 19.8. The third-order valence-corrected chi connectivity index (χ3v) is 7.06.